The van der Waals surface area contributed by atoms with Crippen molar-refractivity contribution >= 4 is 5.97 Å². The molecule has 0 bridgehead atoms. The van der Waals surface area contributed by atoms with Gasteiger partial charge in [0.25, 0.3) is 0 Å². The van der Waals surface area contributed by atoms with Crippen LogP contribution in [0.2, 0.25) is 0 Å². The van der Waals surface area contributed by atoms with E-state index in [1.807, 2.05) is 0 Å². The number of carboxylic acids is 1. The molecule has 1 fully saturated rings. The lowest BCUT2D eigenvalue weighted by Gasteiger charge is -2.30. The van der Waals surface area contributed by atoms with Crippen molar-refractivity contribution in [2.24, 2.45) is 0 Å². The van der Waals surface area contributed by atoms with Gasteiger partial charge in [0, 0.05) is 6.54 Å². The van der Waals surface area contributed by atoms with Gasteiger partial charge in [-0.15, -0.1) is 0 Å². The minimum absolute atomic E-state index is 0.235. The average Bonchev–Trinajstić information content (AvgIpc) is 2.17. The Labute approximate surface area is 93.5 Å². The molecule has 0 saturated carbocycles. The predicted octanol–water partition coefficient (Wildman–Crippen LogP) is 1.77. The zero-order chi connectivity index (χ0) is 11.5. The lowest BCUT2D eigenvalue weighted by Crippen LogP contribution is -2.38. The van der Waals surface area contributed by atoms with Crippen molar-refractivity contribution in [3.8, 4) is 0 Å². The molecule has 4 heteroatoms. The molecule has 1 saturated heterocycles. The molecular weight excluding hydrogens is 209 g/mol. The van der Waals surface area contributed by atoms with Crippen LogP contribution in [0.5, 0.6) is 0 Å². The van der Waals surface area contributed by atoms with Crippen molar-refractivity contribution in [3.63, 3.8) is 0 Å². The number of carbonyl (C=O) groups is 1. The Morgan fingerprint density at radius 1 is 1.44 bits per heavy atom. The van der Waals surface area contributed by atoms with Crippen LogP contribution in [-0.2, 0) is 6.42 Å². The van der Waals surface area contributed by atoms with Gasteiger partial charge in [0.05, 0.1) is 5.56 Å². The molecule has 1 heterocycles. The summed E-state index contributed by atoms with van der Waals surface area (Å²) in [7, 11) is 0. The number of hydrogen-bond acceptors (Lipinski definition) is 2. The third-order valence-electron chi connectivity index (χ3n) is 2.93. The van der Waals surface area contributed by atoms with Crippen LogP contribution in [0.25, 0.3) is 0 Å². The van der Waals surface area contributed by atoms with Crippen LogP contribution in [0.3, 0.4) is 0 Å². The summed E-state index contributed by atoms with van der Waals surface area (Å²) in [6.07, 6.45) is 2.02. The molecule has 1 aromatic rings. The first-order valence-corrected chi connectivity index (χ1v) is 5.41. The highest BCUT2D eigenvalue weighted by molar-refractivity contribution is 5.88. The van der Waals surface area contributed by atoms with Gasteiger partial charge in [-0.2, -0.15) is 0 Å². The third kappa shape index (κ3) is 2.39. The number of likely N-dealkylation sites (tertiary alicyclic amines) is 1. The Kier molecular flexibility index (Phi) is 3.19. The van der Waals surface area contributed by atoms with E-state index < -0.39 is 11.8 Å². The van der Waals surface area contributed by atoms with Crippen LogP contribution in [0, 0.1) is 5.82 Å². The van der Waals surface area contributed by atoms with Gasteiger partial charge in [0.2, 0.25) is 0 Å². The first-order chi connectivity index (χ1) is 7.66. The topological polar surface area (TPSA) is 40.5 Å². The number of rotatable bonds is 4. The zero-order valence-electron chi connectivity index (χ0n) is 8.95. The smallest absolute Gasteiger partial charge is 0.338 e. The lowest BCUT2D eigenvalue weighted by atomic mass is 10.1. The van der Waals surface area contributed by atoms with Crippen LogP contribution in [0.4, 0.5) is 4.39 Å². The fourth-order valence-corrected chi connectivity index (χ4v) is 1.78. The van der Waals surface area contributed by atoms with Gasteiger partial charge in [-0.25, -0.2) is 9.18 Å². The van der Waals surface area contributed by atoms with Crippen LogP contribution in [0.1, 0.15) is 22.3 Å². The van der Waals surface area contributed by atoms with Crippen molar-refractivity contribution < 1.29 is 14.3 Å². The van der Waals surface area contributed by atoms with E-state index in [-0.39, 0.29) is 5.56 Å². The number of halogens is 1. The van der Waals surface area contributed by atoms with Crippen molar-refractivity contribution in [3.05, 3.63) is 35.1 Å². The summed E-state index contributed by atoms with van der Waals surface area (Å²) >= 11 is 0. The molecule has 3 nitrogen and oxygen atoms in total. The zero-order valence-corrected chi connectivity index (χ0v) is 8.95. The third-order valence-corrected chi connectivity index (χ3v) is 2.93. The molecule has 0 atom stereocenters. The largest absolute Gasteiger partial charge is 0.478 e. The standard InChI is InChI=1S/C12H14FNO2/c13-11-3-2-9(8-10(11)12(15)16)4-7-14-5-1-6-14/h2-3,8H,1,4-7H2,(H,15,16). The van der Waals surface area contributed by atoms with E-state index in [0.717, 1.165) is 31.6 Å². The minimum Gasteiger partial charge on any atom is -0.478 e. The maximum absolute atomic E-state index is 13.1. The quantitative estimate of drug-likeness (QED) is 0.845. The SMILES string of the molecule is O=C(O)c1cc(CCN2CCC2)ccc1F. The fraction of sp³-hybridized carbons (Fsp3) is 0.417. The van der Waals surface area contributed by atoms with Gasteiger partial charge in [0.15, 0.2) is 0 Å². The summed E-state index contributed by atoms with van der Waals surface area (Å²) in [5.41, 5.74) is 0.645. The maximum Gasteiger partial charge on any atom is 0.338 e. The van der Waals surface area contributed by atoms with Gasteiger partial charge in [-0.3, -0.25) is 0 Å². The van der Waals surface area contributed by atoms with Gasteiger partial charge < -0.3 is 10.0 Å². The molecule has 0 radical (unpaired) electrons. The highest BCUT2D eigenvalue weighted by Gasteiger charge is 2.14. The van der Waals surface area contributed by atoms with Crippen molar-refractivity contribution in [2.75, 3.05) is 19.6 Å². The Hall–Kier alpha value is -1.42. The first-order valence-electron chi connectivity index (χ1n) is 5.41. The second kappa shape index (κ2) is 4.61. The number of benzene rings is 1. The Morgan fingerprint density at radius 3 is 2.75 bits per heavy atom. The number of hydrogen-bond donors (Lipinski definition) is 1. The Balaban J connectivity index is 2.03. The summed E-state index contributed by atoms with van der Waals surface area (Å²) < 4.78 is 13.1. The van der Waals surface area contributed by atoms with Crippen molar-refractivity contribution in [2.45, 2.75) is 12.8 Å². The number of aromatic carboxylic acids is 1. The molecule has 1 aromatic carbocycles. The molecule has 1 aliphatic rings. The summed E-state index contributed by atoms with van der Waals surface area (Å²) in [6.45, 7) is 3.16. The highest BCUT2D eigenvalue weighted by Crippen LogP contribution is 2.13. The summed E-state index contributed by atoms with van der Waals surface area (Å²) in [4.78, 5) is 13.0. The van der Waals surface area contributed by atoms with E-state index in [0.29, 0.717) is 0 Å². The van der Waals surface area contributed by atoms with Gasteiger partial charge in [0.1, 0.15) is 5.82 Å². The molecule has 0 aliphatic carbocycles. The van der Waals surface area contributed by atoms with E-state index in [9.17, 15) is 9.18 Å². The second-order valence-electron chi connectivity index (χ2n) is 4.06. The minimum atomic E-state index is -1.21. The summed E-state index contributed by atoms with van der Waals surface area (Å²) in [6, 6.07) is 4.31. The fourth-order valence-electron chi connectivity index (χ4n) is 1.78. The first kappa shape index (κ1) is 11.1. The number of carboxylic acid groups (broad SMARTS) is 1. The van der Waals surface area contributed by atoms with E-state index in [1.54, 1.807) is 6.07 Å². The predicted molar refractivity (Wildman–Crippen MR) is 58.1 cm³/mol. The Bertz CT molecular complexity index is 402. The van der Waals surface area contributed by atoms with Crippen molar-refractivity contribution in [1.29, 1.82) is 0 Å². The monoisotopic (exact) mass is 223 g/mol. The van der Waals surface area contributed by atoms with Crippen LogP contribution >= 0.6 is 0 Å². The van der Waals surface area contributed by atoms with Crippen molar-refractivity contribution in [1.82, 2.24) is 4.90 Å². The van der Waals surface area contributed by atoms with Gasteiger partial charge in [-0.05, 0) is 43.6 Å². The molecule has 2 rings (SSSR count). The van der Waals surface area contributed by atoms with Crippen LogP contribution in [0.15, 0.2) is 18.2 Å². The summed E-state index contributed by atoms with van der Waals surface area (Å²) in [5.74, 6) is -1.87. The molecule has 0 spiro atoms. The Morgan fingerprint density at radius 2 is 2.19 bits per heavy atom. The lowest BCUT2D eigenvalue weighted by molar-refractivity contribution is 0.0691. The molecule has 0 amide bonds. The van der Waals surface area contributed by atoms with E-state index in [2.05, 4.69) is 4.90 Å². The van der Waals surface area contributed by atoms with E-state index >= 15 is 0 Å². The molecule has 0 unspecified atom stereocenters. The molecule has 1 N–H and O–H groups in total. The van der Waals surface area contributed by atoms with Gasteiger partial charge in [-0.1, -0.05) is 6.07 Å². The molecule has 0 aromatic heterocycles. The molecular formula is C12H14FNO2. The highest BCUT2D eigenvalue weighted by atomic mass is 19.1. The summed E-state index contributed by atoms with van der Waals surface area (Å²) in [5, 5.41) is 8.77. The van der Waals surface area contributed by atoms with Crippen LogP contribution in [-0.4, -0.2) is 35.6 Å². The van der Waals surface area contributed by atoms with E-state index in [1.165, 1.54) is 18.6 Å². The van der Waals surface area contributed by atoms with Crippen LogP contribution < -0.4 is 0 Å². The maximum atomic E-state index is 13.1. The molecule has 1 aliphatic heterocycles. The molecule has 86 valence electrons. The number of nitrogens with zero attached hydrogens (tertiary/aromatic N) is 1. The van der Waals surface area contributed by atoms with Gasteiger partial charge >= 0.3 is 5.97 Å². The molecule has 16 heavy (non-hydrogen) atoms. The second-order valence-corrected chi connectivity index (χ2v) is 4.06. The normalized spacial score (nSPS) is 15.8. The average molecular weight is 223 g/mol. The van der Waals surface area contributed by atoms with E-state index in [4.69, 9.17) is 5.11 Å².